The molecule has 1 atom stereocenters. The second-order valence-corrected chi connectivity index (χ2v) is 9.21. The van der Waals surface area contributed by atoms with Gasteiger partial charge in [-0.05, 0) is 38.8 Å². The predicted octanol–water partition coefficient (Wildman–Crippen LogP) is 1.65. The molecule has 1 saturated heterocycles. The number of aromatic nitrogens is 4. The molecule has 2 N–H and O–H groups in total. The average Bonchev–Trinajstić information content (AvgIpc) is 3.23. The van der Waals surface area contributed by atoms with E-state index in [1.165, 1.54) is 4.57 Å². The molecule has 9 heteroatoms. The van der Waals surface area contributed by atoms with Crippen LogP contribution in [0.1, 0.15) is 42.6 Å². The van der Waals surface area contributed by atoms with Gasteiger partial charge in [0.2, 0.25) is 5.95 Å². The standard InChI is InChI=1S/C26H30N6O3/c1-5-18-8-6-9-19(14-18)21(33)16-32-24(34)22-23(29(4)26(32)35)28-25(31(22)13-11-17(2)3)30-12-7-10-20(27)15-30/h1,6,8-9,11,14,20H,7,10,12-13,15-16,27H2,2-4H3. The average molecular weight is 475 g/mol. The maximum atomic E-state index is 13.7. The van der Waals surface area contributed by atoms with Crippen LogP contribution in [0.4, 0.5) is 5.95 Å². The van der Waals surface area contributed by atoms with Crippen molar-refractivity contribution in [2.45, 2.75) is 45.8 Å². The van der Waals surface area contributed by atoms with Crippen molar-refractivity contribution in [1.29, 1.82) is 0 Å². The number of ketones is 1. The van der Waals surface area contributed by atoms with Crippen molar-refractivity contribution in [2.75, 3.05) is 18.0 Å². The number of benzene rings is 1. The Kier molecular flexibility index (Phi) is 6.76. The zero-order valence-electron chi connectivity index (χ0n) is 20.3. The number of fused-ring (bicyclic) bond motifs is 1. The van der Waals surface area contributed by atoms with E-state index < -0.39 is 17.8 Å². The molecule has 0 radical (unpaired) electrons. The number of carbonyl (C=O) groups excluding carboxylic acids is 1. The summed E-state index contributed by atoms with van der Waals surface area (Å²) in [6, 6.07) is 6.60. The first-order chi connectivity index (χ1) is 16.7. The van der Waals surface area contributed by atoms with Crippen LogP contribution in [-0.4, -0.2) is 43.6 Å². The Morgan fingerprint density at radius 3 is 2.74 bits per heavy atom. The minimum Gasteiger partial charge on any atom is -0.341 e. The van der Waals surface area contributed by atoms with Crippen LogP contribution in [0.3, 0.4) is 0 Å². The van der Waals surface area contributed by atoms with Gasteiger partial charge in [-0.25, -0.2) is 4.79 Å². The number of carbonyl (C=O) groups is 1. The molecule has 1 aromatic carbocycles. The van der Waals surface area contributed by atoms with E-state index in [9.17, 15) is 14.4 Å². The molecule has 1 unspecified atom stereocenters. The van der Waals surface area contributed by atoms with E-state index >= 15 is 0 Å². The molecule has 0 amide bonds. The van der Waals surface area contributed by atoms with E-state index in [-0.39, 0.29) is 23.0 Å². The number of aryl methyl sites for hydroxylation is 1. The minimum absolute atomic E-state index is 0.0114. The number of hydrogen-bond donors (Lipinski definition) is 1. The Balaban J connectivity index is 1.87. The number of hydrogen-bond acceptors (Lipinski definition) is 6. The summed E-state index contributed by atoms with van der Waals surface area (Å²) in [5.74, 6) is 2.72. The summed E-state index contributed by atoms with van der Waals surface area (Å²) >= 11 is 0. The van der Waals surface area contributed by atoms with E-state index in [1.54, 1.807) is 31.3 Å². The van der Waals surface area contributed by atoms with E-state index in [0.717, 1.165) is 29.5 Å². The topological polar surface area (TPSA) is 108 Å². The zero-order chi connectivity index (χ0) is 25.3. The van der Waals surface area contributed by atoms with Crippen LogP contribution in [0.25, 0.3) is 11.2 Å². The molecule has 1 fully saturated rings. The third-order valence-corrected chi connectivity index (χ3v) is 6.29. The van der Waals surface area contributed by atoms with Crippen LogP contribution >= 0.6 is 0 Å². The first-order valence-electron chi connectivity index (χ1n) is 11.6. The maximum absolute atomic E-state index is 13.7. The Morgan fingerprint density at radius 1 is 1.29 bits per heavy atom. The lowest BCUT2D eigenvalue weighted by atomic mass is 10.1. The second kappa shape index (κ2) is 9.76. The van der Waals surface area contributed by atoms with E-state index in [4.69, 9.17) is 17.1 Å². The number of imidazole rings is 1. The van der Waals surface area contributed by atoms with Crippen molar-refractivity contribution in [2.24, 2.45) is 12.8 Å². The van der Waals surface area contributed by atoms with Gasteiger partial charge in [0, 0.05) is 43.9 Å². The van der Waals surface area contributed by atoms with Gasteiger partial charge in [-0.1, -0.05) is 29.7 Å². The summed E-state index contributed by atoms with van der Waals surface area (Å²) in [4.78, 5) is 46.6. The first kappa shape index (κ1) is 24.2. The summed E-state index contributed by atoms with van der Waals surface area (Å²) in [5, 5.41) is 0. The highest BCUT2D eigenvalue weighted by Gasteiger charge is 2.26. The lowest BCUT2D eigenvalue weighted by molar-refractivity contribution is 0.0969. The molecule has 0 bridgehead atoms. The SMILES string of the molecule is C#Cc1cccc(C(=O)Cn2c(=O)c3c(nc(N4CCCC(N)C4)n3CC=C(C)C)n(C)c2=O)c1. The summed E-state index contributed by atoms with van der Waals surface area (Å²) < 4.78 is 4.12. The van der Waals surface area contributed by atoms with Crippen molar-refractivity contribution in [3.8, 4) is 12.3 Å². The monoisotopic (exact) mass is 474 g/mol. The van der Waals surface area contributed by atoms with Crippen molar-refractivity contribution in [3.05, 3.63) is 67.9 Å². The second-order valence-electron chi connectivity index (χ2n) is 9.21. The van der Waals surface area contributed by atoms with Crippen LogP contribution in [0.15, 0.2) is 45.5 Å². The molecule has 2 aromatic heterocycles. The van der Waals surface area contributed by atoms with Gasteiger partial charge in [0.1, 0.15) is 0 Å². The van der Waals surface area contributed by atoms with Crippen molar-refractivity contribution >= 4 is 22.9 Å². The van der Waals surface area contributed by atoms with Crippen molar-refractivity contribution in [1.82, 2.24) is 18.7 Å². The van der Waals surface area contributed by atoms with E-state index in [0.29, 0.717) is 30.2 Å². The molecule has 0 spiro atoms. The number of piperidine rings is 1. The van der Waals surface area contributed by atoms with Crippen LogP contribution in [-0.2, 0) is 20.1 Å². The maximum Gasteiger partial charge on any atom is 0.332 e. The molecule has 1 aliphatic heterocycles. The highest BCUT2D eigenvalue weighted by Crippen LogP contribution is 2.23. The molecule has 4 rings (SSSR count). The Bertz CT molecular complexity index is 1480. The van der Waals surface area contributed by atoms with Gasteiger partial charge in [0.05, 0.1) is 6.54 Å². The lowest BCUT2D eigenvalue weighted by Crippen LogP contribution is -2.44. The van der Waals surface area contributed by atoms with Gasteiger partial charge in [0.25, 0.3) is 5.56 Å². The molecule has 182 valence electrons. The summed E-state index contributed by atoms with van der Waals surface area (Å²) in [5.41, 5.74) is 7.61. The fourth-order valence-corrected chi connectivity index (χ4v) is 4.40. The van der Waals surface area contributed by atoms with E-state index in [2.05, 4.69) is 10.8 Å². The van der Waals surface area contributed by atoms with Crippen molar-refractivity contribution in [3.63, 3.8) is 0 Å². The number of nitrogens with zero attached hydrogens (tertiary/aromatic N) is 5. The number of terminal acetylenes is 1. The Labute approximate surface area is 203 Å². The minimum atomic E-state index is -0.599. The normalized spacial score (nSPS) is 15.7. The number of allylic oxidation sites excluding steroid dienone is 2. The predicted molar refractivity (Wildman–Crippen MR) is 137 cm³/mol. The smallest absolute Gasteiger partial charge is 0.332 e. The molecular formula is C26H30N6O3. The van der Waals surface area contributed by atoms with Crippen LogP contribution in [0.2, 0.25) is 0 Å². The molecule has 0 aliphatic carbocycles. The Morgan fingerprint density at radius 2 is 2.06 bits per heavy atom. The molecule has 0 saturated carbocycles. The van der Waals surface area contributed by atoms with Crippen LogP contribution in [0.5, 0.6) is 0 Å². The quantitative estimate of drug-likeness (QED) is 0.331. The zero-order valence-corrected chi connectivity index (χ0v) is 20.3. The third kappa shape index (κ3) is 4.70. The highest BCUT2D eigenvalue weighted by atomic mass is 16.2. The van der Waals surface area contributed by atoms with Crippen LogP contribution < -0.4 is 21.9 Å². The fourth-order valence-electron chi connectivity index (χ4n) is 4.40. The molecular weight excluding hydrogens is 444 g/mol. The number of anilines is 1. The van der Waals surface area contributed by atoms with E-state index in [1.807, 2.05) is 24.5 Å². The highest BCUT2D eigenvalue weighted by molar-refractivity contribution is 5.96. The van der Waals surface area contributed by atoms with Gasteiger partial charge >= 0.3 is 5.69 Å². The van der Waals surface area contributed by atoms with Crippen LogP contribution in [0, 0.1) is 12.3 Å². The van der Waals surface area contributed by atoms with Gasteiger partial charge in [-0.3, -0.25) is 18.7 Å². The van der Waals surface area contributed by atoms with Gasteiger partial charge < -0.3 is 15.2 Å². The molecule has 3 aromatic rings. The number of nitrogens with two attached hydrogens (primary N) is 1. The van der Waals surface area contributed by atoms with Gasteiger partial charge in [0.15, 0.2) is 16.9 Å². The Hall–Kier alpha value is -3.90. The summed E-state index contributed by atoms with van der Waals surface area (Å²) in [6.45, 7) is 5.35. The first-order valence-corrected chi connectivity index (χ1v) is 11.6. The number of rotatable bonds is 6. The summed E-state index contributed by atoms with van der Waals surface area (Å²) in [7, 11) is 1.56. The van der Waals surface area contributed by atoms with Crippen molar-refractivity contribution < 1.29 is 4.79 Å². The van der Waals surface area contributed by atoms with Gasteiger partial charge in [-0.15, -0.1) is 6.42 Å². The van der Waals surface area contributed by atoms with Gasteiger partial charge in [-0.2, -0.15) is 4.98 Å². The third-order valence-electron chi connectivity index (χ3n) is 6.29. The molecule has 9 nitrogen and oxygen atoms in total. The number of Topliss-reactive ketones (excluding diaryl/α,β-unsaturated/α-hetero) is 1. The molecule has 1 aliphatic rings. The lowest BCUT2D eigenvalue weighted by Gasteiger charge is -2.31. The molecule has 35 heavy (non-hydrogen) atoms. The fraction of sp³-hybridized carbons (Fsp3) is 0.385. The summed E-state index contributed by atoms with van der Waals surface area (Å²) in [6.07, 6.45) is 9.29. The largest absolute Gasteiger partial charge is 0.341 e. The molecule has 3 heterocycles.